The molecule has 0 unspecified atom stereocenters. The van der Waals surface area contributed by atoms with E-state index in [4.69, 9.17) is 9.11 Å². The first-order chi connectivity index (χ1) is 8.51. The topological polar surface area (TPSA) is 144 Å². The highest BCUT2D eigenvalue weighted by atomic mass is 32.3. The van der Waals surface area contributed by atoms with Crippen molar-refractivity contribution in [2.45, 2.75) is 39.0 Å². The highest BCUT2D eigenvalue weighted by Crippen LogP contribution is 2.23. The van der Waals surface area contributed by atoms with Crippen molar-refractivity contribution in [2.75, 3.05) is 0 Å². The Hall–Kier alpha value is -0.590. The number of carbonyl (C=O) groups is 1. The van der Waals surface area contributed by atoms with E-state index in [1.165, 1.54) is 19.3 Å². The molecule has 9 nitrogen and oxygen atoms in total. The predicted molar refractivity (Wildman–Crippen MR) is 62.5 cm³/mol. The van der Waals surface area contributed by atoms with Crippen LogP contribution in [0.1, 0.15) is 39.0 Å². The summed E-state index contributed by atoms with van der Waals surface area (Å²) < 4.78 is 58.9. The summed E-state index contributed by atoms with van der Waals surface area (Å²) in [6.45, 7) is 1.72. The second kappa shape index (κ2) is 7.87. The molecule has 19 heavy (non-hydrogen) atoms. The molecule has 1 saturated carbocycles. The molecule has 0 bridgehead atoms. The zero-order valence-electron chi connectivity index (χ0n) is 10.2. The van der Waals surface area contributed by atoms with Crippen LogP contribution in [-0.2, 0) is 34.3 Å². The van der Waals surface area contributed by atoms with Crippen LogP contribution in [0.5, 0.6) is 0 Å². The highest BCUT2D eigenvalue weighted by molar-refractivity contribution is 7.83. The Bertz CT molecular complexity index is 440. The van der Waals surface area contributed by atoms with Crippen LogP contribution in [0.3, 0.4) is 0 Å². The summed E-state index contributed by atoms with van der Waals surface area (Å²) in [5, 5.41) is 0. The van der Waals surface area contributed by atoms with Crippen molar-refractivity contribution in [3.63, 3.8) is 0 Å². The largest absolute Gasteiger partial charge is 0.425 e. The summed E-state index contributed by atoms with van der Waals surface area (Å²) in [5.41, 5.74) is 0. The van der Waals surface area contributed by atoms with Gasteiger partial charge in [0.15, 0.2) is 0 Å². The lowest BCUT2D eigenvalue weighted by Gasteiger charge is -2.17. The van der Waals surface area contributed by atoms with Gasteiger partial charge < -0.3 is 0 Å². The van der Waals surface area contributed by atoms with E-state index in [0.29, 0.717) is 11.7 Å². The van der Waals surface area contributed by atoms with Crippen molar-refractivity contribution in [3.8, 4) is 0 Å². The lowest BCUT2D eigenvalue weighted by molar-refractivity contribution is -0.121. The minimum Gasteiger partial charge on any atom is -0.300 e. The number of carbonyl (C=O) groups excluding carboxylic acids is 1. The van der Waals surface area contributed by atoms with Crippen molar-refractivity contribution in [3.05, 3.63) is 0 Å². The van der Waals surface area contributed by atoms with Crippen LogP contribution in [0.25, 0.3) is 0 Å². The van der Waals surface area contributed by atoms with E-state index >= 15 is 0 Å². The summed E-state index contributed by atoms with van der Waals surface area (Å²) >= 11 is 0. The number of hydrogen-bond acceptors (Lipinski definition) is 7. The molecule has 11 heteroatoms. The standard InChI is InChI=1S/C8H14O.H2O8S2/c1-7(9)8-5-3-2-4-6-8;1-9(2,3)7-8-10(4,5)6/h8H,2-6H2,1H3;(H,1,2,3)(H,4,5,6). The highest BCUT2D eigenvalue weighted by Gasteiger charge is 2.16. The van der Waals surface area contributed by atoms with Gasteiger partial charge in [-0.1, -0.05) is 27.9 Å². The molecule has 0 aromatic rings. The SMILES string of the molecule is CC(=O)C1CCCCC1.O=S(=O)(O)OOS(=O)(=O)O. The lowest BCUT2D eigenvalue weighted by atomic mass is 9.87. The van der Waals surface area contributed by atoms with Gasteiger partial charge in [0.05, 0.1) is 0 Å². The van der Waals surface area contributed by atoms with Crippen LogP contribution in [0.4, 0.5) is 0 Å². The smallest absolute Gasteiger partial charge is 0.300 e. The zero-order valence-corrected chi connectivity index (χ0v) is 11.8. The molecule has 1 rings (SSSR count). The Balaban J connectivity index is 0.000000342. The summed E-state index contributed by atoms with van der Waals surface area (Å²) in [6.07, 6.45) is 6.17. The quantitative estimate of drug-likeness (QED) is 0.434. The Morgan fingerprint density at radius 3 is 1.53 bits per heavy atom. The monoisotopic (exact) mass is 320 g/mol. The average molecular weight is 320 g/mol. The molecule has 1 fully saturated rings. The van der Waals surface area contributed by atoms with Crippen LogP contribution in [0.2, 0.25) is 0 Å². The Labute approximate surface area is 111 Å². The Morgan fingerprint density at radius 1 is 0.947 bits per heavy atom. The molecule has 0 heterocycles. The predicted octanol–water partition coefficient (Wildman–Crippen LogP) is 0.696. The fraction of sp³-hybridized carbons (Fsp3) is 0.875. The molecule has 0 atom stereocenters. The molecule has 0 spiro atoms. The molecule has 1 aliphatic carbocycles. The van der Waals surface area contributed by atoms with Crippen molar-refractivity contribution < 1.29 is 39.4 Å². The second-order valence-electron chi connectivity index (χ2n) is 3.94. The minimum absolute atomic E-state index is 0.398. The van der Waals surface area contributed by atoms with E-state index in [1.807, 2.05) is 0 Å². The molecule has 114 valence electrons. The number of Topliss-reactive ketones (excluding diaryl/α,β-unsaturated/α-hetero) is 1. The van der Waals surface area contributed by atoms with E-state index in [-0.39, 0.29) is 0 Å². The van der Waals surface area contributed by atoms with Gasteiger partial charge in [0.25, 0.3) is 0 Å². The first kappa shape index (κ1) is 18.4. The number of ketones is 1. The third-order valence-electron chi connectivity index (χ3n) is 2.38. The van der Waals surface area contributed by atoms with Gasteiger partial charge in [0.1, 0.15) is 5.78 Å². The molecular weight excluding hydrogens is 304 g/mol. The molecule has 0 aromatic carbocycles. The maximum atomic E-state index is 10.8. The molecule has 0 radical (unpaired) electrons. The van der Waals surface area contributed by atoms with E-state index in [1.54, 1.807) is 6.92 Å². The van der Waals surface area contributed by atoms with Crippen LogP contribution >= 0.6 is 0 Å². The van der Waals surface area contributed by atoms with Crippen LogP contribution in [0.15, 0.2) is 0 Å². The van der Waals surface area contributed by atoms with Gasteiger partial charge >= 0.3 is 20.8 Å². The summed E-state index contributed by atoms with van der Waals surface area (Å²) in [5.74, 6) is 0.813. The lowest BCUT2D eigenvalue weighted by Crippen LogP contribution is -2.13. The molecule has 1 aliphatic rings. The van der Waals surface area contributed by atoms with Crippen molar-refractivity contribution >= 4 is 26.6 Å². The molecule has 0 amide bonds. The molecular formula is C8H16O9S2. The summed E-state index contributed by atoms with van der Waals surface area (Å²) in [6, 6.07) is 0. The number of rotatable bonds is 4. The van der Waals surface area contributed by atoms with Gasteiger partial charge in [-0.15, -0.1) is 0 Å². The number of hydrogen-bond donors (Lipinski definition) is 2. The van der Waals surface area contributed by atoms with Crippen molar-refractivity contribution in [1.29, 1.82) is 0 Å². The van der Waals surface area contributed by atoms with Gasteiger partial charge in [0, 0.05) is 5.92 Å². The normalized spacial score (nSPS) is 17.4. The van der Waals surface area contributed by atoms with E-state index in [2.05, 4.69) is 8.67 Å². The van der Waals surface area contributed by atoms with E-state index in [9.17, 15) is 21.6 Å². The van der Waals surface area contributed by atoms with Crippen LogP contribution in [-0.4, -0.2) is 31.7 Å². The average Bonchev–Trinajstić information content (AvgIpc) is 2.27. The van der Waals surface area contributed by atoms with Gasteiger partial charge in [-0.05, 0) is 19.8 Å². The maximum absolute atomic E-state index is 10.8. The molecule has 0 saturated heterocycles. The third kappa shape index (κ3) is 12.2. The fourth-order valence-electron chi connectivity index (χ4n) is 1.58. The molecule has 0 aromatic heterocycles. The Kier molecular flexibility index (Phi) is 7.62. The van der Waals surface area contributed by atoms with Gasteiger partial charge in [-0.25, -0.2) is 0 Å². The minimum atomic E-state index is -5.02. The first-order valence-electron chi connectivity index (χ1n) is 5.34. The zero-order chi connectivity index (χ0) is 15.1. The van der Waals surface area contributed by atoms with Gasteiger partial charge in [-0.3, -0.25) is 13.9 Å². The molecule has 0 aliphatic heterocycles. The fourth-order valence-corrected chi connectivity index (χ4v) is 2.14. The molecule has 2 N–H and O–H groups in total. The van der Waals surface area contributed by atoms with Gasteiger partial charge in [0.2, 0.25) is 0 Å². The van der Waals surface area contributed by atoms with Crippen LogP contribution in [0, 0.1) is 5.92 Å². The Morgan fingerprint density at radius 2 is 1.32 bits per heavy atom. The first-order valence-corrected chi connectivity index (χ1v) is 8.07. The van der Waals surface area contributed by atoms with Gasteiger partial charge in [-0.2, -0.15) is 16.8 Å². The maximum Gasteiger partial charge on any atom is 0.425 e. The summed E-state index contributed by atoms with van der Waals surface area (Å²) in [7, 11) is -10.0. The van der Waals surface area contributed by atoms with Crippen molar-refractivity contribution in [1.82, 2.24) is 0 Å². The van der Waals surface area contributed by atoms with Crippen molar-refractivity contribution in [2.24, 2.45) is 5.92 Å². The van der Waals surface area contributed by atoms with E-state index < -0.39 is 20.8 Å². The third-order valence-corrected chi connectivity index (χ3v) is 2.95. The summed E-state index contributed by atoms with van der Waals surface area (Å²) in [4.78, 5) is 10.8. The second-order valence-corrected chi connectivity index (χ2v) is 5.92. The van der Waals surface area contributed by atoms with Crippen LogP contribution < -0.4 is 0 Å². The van der Waals surface area contributed by atoms with E-state index in [0.717, 1.165) is 12.8 Å².